The Kier molecular flexibility index (Phi) is 6.22. The molecule has 0 aliphatic carbocycles. The van der Waals surface area contributed by atoms with Crippen molar-refractivity contribution in [1.82, 2.24) is 5.32 Å². The van der Waals surface area contributed by atoms with Crippen LogP contribution in [0.25, 0.3) is 5.70 Å². The van der Waals surface area contributed by atoms with Crippen molar-refractivity contribution < 1.29 is 9.72 Å². The minimum Gasteiger partial charge on any atom is -0.339 e. The van der Waals surface area contributed by atoms with Crippen molar-refractivity contribution in [2.45, 2.75) is 20.3 Å². The largest absolute Gasteiger partial charge is 0.339 e. The number of hydrogen-bond acceptors (Lipinski definition) is 4. The van der Waals surface area contributed by atoms with Crippen LogP contribution in [0.4, 0.5) is 11.4 Å². The topological polar surface area (TPSA) is 96.6 Å². The first-order valence-corrected chi connectivity index (χ1v) is 9.36. The van der Waals surface area contributed by atoms with Gasteiger partial charge >= 0.3 is 0 Å². The molecular weight excluding hydrogens is 380 g/mol. The number of aliphatic imine (C=N–C) groups is 1. The monoisotopic (exact) mass is 402 g/mol. The van der Waals surface area contributed by atoms with Gasteiger partial charge in [-0.25, -0.2) is 4.99 Å². The van der Waals surface area contributed by atoms with Crippen molar-refractivity contribution in [3.63, 3.8) is 0 Å². The van der Waals surface area contributed by atoms with Crippen molar-refractivity contribution in [2.24, 2.45) is 4.99 Å². The van der Waals surface area contributed by atoms with E-state index in [1.807, 2.05) is 44.2 Å². The summed E-state index contributed by atoms with van der Waals surface area (Å²) in [6, 6.07) is 13.5. The maximum atomic E-state index is 12.3. The molecule has 2 aromatic rings. The molecule has 1 heterocycles. The Morgan fingerprint density at radius 1 is 1.17 bits per heavy atom. The predicted octanol–water partition coefficient (Wildman–Crippen LogP) is 4.60. The van der Waals surface area contributed by atoms with Crippen LogP contribution in [0, 0.1) is 10.1 Å². The summed E-state index contributed by atoms with van der Waals surface area (Å²) in [6.07, 6.45) is 3.68. The number of amidine groups is 1. The summed E-state index contributed by atoms with van der Waals surface area (Å²) in [5.74, 6) is 0.572. The Labute approximate surface area is 174 Å². The van der Waals surface area contributed by atoms with Crippen LogP contribution in [0.5, 0.6) is 0 Å². The van der Waals surface area contributed by atoms with Crippen LogP contribution in [0.3, 0.4) is 0 Å². The molecular formula is C23H22N4O3. The molecule has 0 aromatic heterocycles. The van der Waals surface area contributed by atoms with Gasteiger partial charge in [-0.1, -0.05) is 36.4 Å². The number of hydrogen-bond donors (Lipinski definition) is 2. The van der Waals surface area contributed by atoms with Crippen LogP contribution >= 0.6 is 0 Å². The number of rotatable bonds is 6. The zero-order chi connectivity index (χ0) is 21.7. The molecule has 1 aliphatic heterocycles. The Morgan fingerprint density at radius 3 is 2.40 bits per heavy atom. The van der Waals surface area contributed by atoms with Crippen molar-refractivity contribution in [1.29, 1.82) is 0 Å². The lowest BCUT2D eigenvalue weighted by Gasteiger charge is -2.08. The first kappa shape index (κ1) is 20.7. The van der Waals surface area contributed by atoms with Crippen LogP contribution in [-0.2, 0) is 11.2 Å². The molecule has 0 radical (unpaired) electrons. The standard InChI is InChI=1S/C23H22N4O3/c1-4-24-23-20(15(2)3)14-21(26-23)17-7-9-18(10-8-17)25-22(28)13-16-5-11-19(12-6-16)27(29)30/h4-12,14H,1,13H2,2-3H3,(H,24,26)(H,25,28). The summed E-state index contributed by atoms with van der Waals surface area (Å²) < 4.78 is 0. The van der Waals surface area contributed by atoms with E-state index in [0.717, 1.165) is 28.2 Å². The van der Waals surface area contributed by atoms with E-state index in [9.17, 15) is 14.9 Å². The number of nitrogens with one attached hydrogen (secondary N) is 2. The highest BCUT2D eigenvalue weighted by Crippen LogP contribution is 2.24. The van der Waals surface area contributed by atoms with Crippen LogP contribution in [0.15, 0.2) is 83.5 Å². The number of carbonyl (C=O) groups is 1. The predicted molar refractivity (Wildman–Crippen MR) is 119 cm³/mol. The van der Waals surface area contributed by atoms with Crippen molar-refractivity contribution in [3.05, 3.63) is 99.8 Å². The molecule has 0 fully saturated rings. The van der Waals surface area contributed by atoms with Gasteiger partial charge in [0.05, 0.1) is 11.3 Å². The molecule has 0 saturated carbocycles. The zero-order valence-corrected chi connectivity index (χ0v) is 16.8. The Morgan fingerprint density at radius 2 is 1.83 bits per heavy atom. The Hall–Kier alpha value is -4.00. The molecule has 152 valence electrons. The van der Waals surface area contributed by atoms with Crippen molar-refractivity contribution in [2.75, 3.05) is 5.32 Å². The van der Waals surface area contributed by atoms with Crippen LogP contribution in [-0.4, -0.2) is 16.7 Å². The van der Waals surface area contributed by atoms with E-state index in [2.05, 4.69) is 22.2 Å². The summed E-state index contributed by atoms with van der Waals surface area (Å²) in [6.45, 7) is 7.71. The molecule has 0 atom stereocenters. The van der Waals surface area contributed by atoms with E-state index in [1.54, 1.807) is 12.1 Å². The normalized spacial score (nSPS) is 14.1. The first-order chi connectivity index (χ1) is 14.4. The summed E-state index contributed by atoms with van der Waals surface area (Å²) >= 11 is 0. The van der Waals surface area contributed by atoms with Gasteiger partial charge < -0.3 is 10.6 Å². The summed E-state index contributed by atoms with van der Waals surface area (Å²) in [7, 11) is 0. The number of non-ortho nitro benzene ring substituents is 1. The third-order valence-corrected chi connectivity index (χ3v) is 4.55. The van der Waals surface area contributed by atoms with Gasteiger partial charge in [0.2, 0.25) is 5.91 Å². The minimum atomic E-state index is -0.465. The van der Waals surface area contributed by atoms with Crippen molar-refractivity contribution >= 4 is 28.8 Å². The summed E-state index contributed by atoms with van der Waals surface area (Å²) in [5.41, 5.74) is 5.46. The molecule has 0 saturated heterocycles. The van der Waals surface area contributed by atoms with Crippen LogP contribution < -0.4 is 10.6 Å². The quantitative estimate of drug-likeness (QED) is 0.545. The fourth-order valence-corrected chi connectivity index (χ4v) is 3.03. The van der Waals surface area contributed by atoms with Gasteiger partial charge in [0.25, 0.3) is 5.69 Å². The molecule has 7 heteroatoms. The average molecular weight is 402 g/mol. The second-order valence-electron chi connectivity index (χ2n) is 6.98. The van der Waals surface area contributed by atoms with E-state index in [-0.39, 0.29) is 18.0 Å². The minimum absolute atomic E-state index is 0.00198. The fraction of sp³-hybridized carbons (Fsp3) is 0.130. The lowest BCUT2D eigenvalue weighted by molar-refractivity contribution is -0.384. The highest BCUT2D eigenvalue weighted by Gasteiger charge is 2.18. The van der Waals surface area contributed by atoms with Gasteiger partial charge in [-0.05, 0) is 43.2 Å². The molecule has 7 nitrogen and oxygen atoms in total. The molecule has 30 heavy (non-hydrogen) atoms. The highest BCUT2D eigenvalue weighted by atomic mass is 16.6. The number of nitro benzene ring substituents is 1. The lowest BCUT2D eigenvalue weighted by atomic mass is 10.1. The lowest BCUT2D eigenvalue weighted by Crippen LogP contribution is -2.17. The SMILES string of the molecule is C=CN=C1NC(c2ccc(NC(=O)Cc3ccc([N+](=O)[O-])cc3)cc2)=CC1=C(C)C. The van der Waals surface area contributed by atoms with Gasteiger partial charge in [-0.2, -0.15) is 0 Å². The number of anilines is 1. The van der Waals surface area contributed by atoms with Gasteiger partial charge in [0.15, 0.2) is 0 Å². The van der Waals surface area contributed by atoms with Gasteiger partial charge in [0, 0.05) is 35.3 Å². The Bertz CT molecular complexity index is 1070. The van der Waals surface area contributed by atoms with E-state index in [4.69, 9.17) is 0 Å². The zero-order valence-electron chi connectivity index (χ0n) is 16.8. The van der Waals surface area contributed by atoms with Gasteiger partial charge in [-0.3, -0.25) is 14.9 Å². The highest BCUT2D eigenvalue weighted by molar-refractivity contribution is 6.11. The molecule has 1 amide bonds. The molecule has 2 N–H and O–H groups in total. The van der Waals surface area contributed by atoms with Gasteiger partial charge in [0.1, 0.15) is 5.84 Å². The van der Waals surface area contributed by atoms with E-state index >= 15 is 0 Å². The molecule has 1 aliphatic rings. The van der Waals surface area contributed by atoms with Gasteiger partial charge in [-0.15, -0.1) is 0 Å². The second kappa shape index (κ2) is 9.00. The average Bonchev–Trinajstić information content (AvgIpc) is 3.13. The maximum Gasteiger partial charge on any atom is 0.269 e. The van der Waals surface area contributed by atoms with E-state index in [0.29, 0.717) is 11.3 Å². The first-order valence-electron chi connectivity index (χ1n) is 9.36. The van der Waals surface area contributed by atoms with Crippen LogP contribution in [0.1, 0.15) is 25.0 Å². The third kappa shape index (κ3) is 4.88. The molecule has 2 aromatic carbocycles. The number of nitrogens with zero attached hydrogens (tertiary/aromatic N) is 2. The molecule has 0 bridgehead atoms. The maximum absolute atomic E-state index is 12.3. The molecule has 0 unspecified atom stereocenters. The van der Waals surface area contributed by atoms with E-state index < -0.39 is 4.92 Å². The Balaban J connectivity index is 1.66. The fourth-order valence-electron chi connectivity index (χ4n) is 3.03. The summed E-state index contributed by atoms with van der Waals surface area (Å²) in [4.78, 5) is 26.8. The number of nitro groups is 1. The summed E-state index contributed by atoms with van der Waals surface area (Å²) in [5, 5.41) is 16.8. The molecule has 3 rings (SSSR count). The van der Waals surface area contributed by atoms with Crippen molar-refractivity contribution in [3.8, 4) is 0 Å². The number of allylic oxidation sites excluding steroid dienone is 1. The van der Waals surface area contributed by atoms with E-state index in [1.165, 1.54) is 18.3 Å². The number of carbonyl (C=O) groups excluding carboxylic acids is 1. The molecule has 0 spiro atoms. The number of benzene rings is 2. The number of amides is 1. The van der Waals surface area contributed by atoms with Crippen LogP contribution in [0.2, 0.25) is 0 Å². The second-order valence-corrected chi connectivity index (χ2v) is 6.98. The smallest absolute Gasteiger partial charge is 0.269 e. The third-order valence-electron chi connectivity index (χ3n) is 4.55.